The molecule has 82 valence electrons. The number of sulfonamides is 1. The third-order valence-electron chi connectivity index (χ3n) is 2.44. The molecule has 6 nitrogen and oxygen atoms in total. The Morgan fingerprint density at radius 3 is 2.50 bits per heavy atom. The molecule has 1 atom stereocenters. The molecule has 0 saturated carbocycles. The first kappa shape index (κ1) is 11.3. The minimum atomic E-state index is -3.18. The van der Waals surface area contributed by atoms with E-state index in [0.717, 1.165) is 11.2 Å². The molecule has 1 heterocycles. The zero-order valence-corrected chi connectivity index (χ0v) is 8.99. The first-order valence-electron chi connectivity index (χ1n) is 4.23. The topological polar surface area (TPSA) is 77.9 Å². The minimum absolute atomic E-state index is 0.220. The SMILES string of the molecule is CN(C(=O)O)C1CCN(S(C)(=O)=O)C1. The van der Waals surface area contributed by atoms with Crippen LogP contribution in [0.5, 0.6) is 0 Å². The van der Waals surface area contributed by atoms with Crippen molar-refractivity contribution in [3.8, 4) is 0 Å². The quantitative estimate of drug-likeness (QED) is 0.691. The van der Waals surface area contributed by atoms with E-state index in [1.54, 1.807) is 0 Å². The average molecular weight is 222 g/mol. The number of hydrogen-bond acceptors (Lipinski definition) is 3. The zero-order chi connectivity index (χ0) is 10.9. The van der Waals surface area contributed by atoms with E-state index in [1.807, 2.05) is 0 Å². The number of nitrogens with zero attached hydrogens (tertiary/aromatic N) is 2. The molecule has 1 N–H and O–H groups in total. The highest BCUT2D eigenvalue weighted by molar-refractivity contribution is 7.88. The molecule has 0 radical (unpaired) electrons. The third-order valence-corrected chi connectivity index (χ3v) is 3.71. The van der Waals surface area contributed by atoms with E-state index in [1.165, 1.54) is 11.4 Å². The summed E-state index contributed by atoms with van der Waals surface area (Å²) in [6.45, 7) is 0.669. The van der Waals surface area contributed by atoms with Gasteiger partial charge < -0.3 is 10.0 Å². The van der Waals surface area contributed by atoms with E-state index in [-0.39, 0.29) is 12.6 Å². The molecule has 1 amide bonds. The van der Waals surface area contributed by atoms with Gasteiger partial charge in [-0.2, -0.15) is 0 Å². The maximum atomic E-state index is 11.1. The van der Waals surface area contributed by atoms with Crippen LogP contribution in [0.3, 0.4) is 0 Å². The highest BCUT2D eigenvalue weighted by Gasteiger charge is 2.32. The Morgan fingerprint density at radius 2 is 2.14 bits per heavy atom. The van der Waals surface area contributed by atoms with Crippen molar-refractivity contribution >= 4 is 16.1 Å². The van der Waals surface area contributed by atoms with Gasteiger partial charge in [0.25, 0.3) is 0 Å². The first-order valence-corrected chi connectivity index (χ1v) is 6.08. The summed E-state index contributed by atoms with van der Waals surface area (Å²) in [5.41, 5.74) is 0. The lowest BCUT2D eigenvalue weighted by atomic mass is 10.2. The van der Waals surface area contributed by atoms with Gasteiger partial charge >= 0.3 is 6.09 Å². The van der Waals surface area contributed by atoms with E-state index in [0.29, 0.717) is 13.0 Å². The van der Waals surface area contributed by atoms with Gasteiger partial charge in [-0.15, -0.1) is 0 Å². The van der Waals surface area contributed by atoms with Crippen molar-refractivity contribution in [2.75, 3.05) is 26.4 Å². The fourth-order valence-corrected chi connectivity index (χ4v) is 2.36. The molecule has 0 aliphatic carbocycles. The summed E-state index contributed by atoms with van der Waals surface area (Å²) in [5.74, 6) is 0. The van der Waals surface area contributed by atoms with Gasteiger partial charge in [-0.1, -0.05) is 0 Å². The standard InChI is InChI=1S/C7H14N2O4S/c1-8(7(10)11)6-3-4-9(5-6)14(2,12)13/h6H,3-5H2,1-2H3,(H,10,11). The Kier molecular flexibility index (Phi) is 3.01. The Bertz CT molecular complexity index is 327. The monoisotopic (exact) mass is 222 g/mol. The number of carbonyl (C=O) groups is 1. The maximum Gasteiger partial charge on any atom is 0.407 e. The number of amides is 1. The van der Waals surface area contributed by atoms with Crippen LogP contribution in [0.25, 0.3) is 0 Å². The second-order valence-electron chi connectivity index (χ2n) is 3.46. The zero-order valence-electron chi connectivity index (χ0n) is 8.17. The lowest BCUT2D eigenvalue weighted by molar-refractivity contribution is 0.140. The highest BCUT2D eigenvalue weighted by Crippen LogP contribution is 2.16. The van der Waals surface area contributed by atoms with Gasteiger partial charge in [0.1, 0.15) is 0 Å². The molecular formula is C7H14N2O4S. The van der Waals surface area contributed by atoms with E-state index in [9.17, 15) is 13.2 Å². The van der Waals surface area contributed by atoms with Gasteiger partial charge in [-0.25, -0.2) is 17.5 Å². The molecule has 1 saturated heterocycles. The summed E-state index contributed by atoms with van der Waals surface area (Å²) in [4.78, 5) is 11.8. The van der Waals surface area contributed by atoms with Crippen LogP contribution in [0.4, 0.5) is 4.79 Å². The summed E-state index contributed by atoms with van der Waals surface area (Å²) in [6.07, 6.45) is 0.678. The normalized spacial score (nSPS) is 23.7. The molecule has 7 heteroatoms. The van der Waals surface area contributed by atoms with Crippen LogP contribution in [0.2, 0.25) is 0 Å². The van der Waals surface area contributed by atoms with Crippen LogP contribution in [-0.2, 0) is 10.0 Å². The number of rotatable bonds is 2. The Labute approximate surface area is 83.2 Å². The van der Waals surface area contributed by atoms with E-state index >= 15 is 0 Å². The number of likely N-dealkylation sites (N-methyl/N-ethyl adjacent to an activating group) is 1. The second-order valence-corrected chi connectivity index (χ2v) is 5.44. The largest absolute Gasteiger partial charge is 0.465 e. The van der Waals surface area contributed by atoms with Crippen molar-refractivity contribution in [3.63, 3.8) is 0 Å². The second kappa shape index (κ2) is 3.74. The van der Waals surface area contributed by atoms with E-state index in [4.69, 9.17) is 5.11 Å². The maximum absolute atomic E-state index is 11.1. The molecule has 1 aliphatic rings. The van der Waals surface area contributed by atoms with Crippen LogP contribution in [-0.4, -0.2) is 61.3 Å². The Hall–Kier alpha value is -0.820. The van der Waals surface area contributed by atoms with Crippen LogP contribution in [0.1, 0.15) is 6.42 Å². The van der Waals surface area contributed by atoms with Crippen LogP contribution in [0, 0.1) is 0 Å². The average Bonchev–Trinajstić information content (AvgIpc) is 2.49. The minimum Gasteiger partial charge on any atom is -0.465 e. The molecule has 0 aromatic carbocycles. The van der Waals surface area contributed by atoms with Gasteiger partial charge in [-0.05, 0) is 6.42 Å². The highest BCUT2D eigenvalue weighted by atomic mass is 32.2. The lowest BCUT2D eigenvalue weighted by Gasteiger charge is -2.21. The van der Waals surface area contributed by atoms with Gasteiger partial charge in [-0.3, -0.25) is 0 Å². The Morgan fingerprint density at radius 1 is 1.57 bits per heavy atom. The van der Waals surface area contributed by atoms with Crippen molar-refractivity contribution < 1.29 is 18.3 Å². The van der Waals surface area contributed by atoms with Crippen molar-refractivity contribution in [1.82, 2.24) is 9.21 Å². The van der Waals surface area contributed by atoms with Crippen LogP contribution in [0.15, 0.2) is 0 Å². The number of hydrogen-bond donors (Lipinski definition) is 1. The fraction of sp³-hybridized carbons (Fsp3) is 0.857. The summed E-state index contributed by atoms with van der Waals surface area (Å²) in [6, 6.07) is -0.220. The summed E-state index contributed by atoms with van der Waals surface area (Å²) < 4.78 is 23.6. The van der Waals surface area contributed by atoms with Crippen molar-refractivity contribution in [2.45, 2.75) is 12.5 Å². The van der Waals surface area contributed by atoms with Crippen molar-refractivity contribution in [1.29, 1.82) is 0 Å². The number of carboxylic acid groups (broad SMARTS) is 1. The molecule has 1 unspecified atom stereocenters. The predicted molar refractivity (Wildman–Crippen MR) is 50.6 cm³/mol. The molecule has 0 aromatic rings. The summed E-state index contributed by atoms with van der Waals surface area (Å²) in [5, 5.41) is 8.69. The molecule has 14 heavy (non-hydrogen) atoms. The molecule has 0 aromatic heterocycles. The van der Waals surface area contributed by atoms with E-state index < -0.39 is 16.1 Å². The van der Waals surface area contributed by atoms with Gasteiger partial charge in [0, 0.05) is 26.2 Å². The molecular weight excluding hydrogens is 208 g/mol. The molecule has 0 bridgehead atoms. The van der Waals surface area contributed by atoms with Gasteiger partial charge in [0.2, 0.25) is 10.0 Å². The summed E-state index contributed by atoms with van der Waals surface area (Å²) in [7, 11) is -1.72. The summed E-state index contributed by atoms with van der Waals surface area (Å²) >= 11 is 0. The first-order chi connectivity index (χ1) is 6.32. The predicted octanol–water partition coefficient (Wildman–Crippen LogP) is -0.370. The van der Waals surface area contributed by atoms with E-state index in [2.05, 4.69) is 0 Å². The fourth-order valence-electron chi connectivity index (χ4n) is 1.48. The smallest absolute Gasteiger partial charge is 0.407 e. The Balaban J connectivity index is 2.62. The van der Waals surface area contributed by atoms with Gasteiger partial charge in [0.15, 0.2) is 0 Å². The third kappa shape index (κ3) is 2.36. The van der Waals surface area contributed by atoms with Crippen LogP contribution >= 0.6 is 0 Å². The molecule has 1 aliphatic heterocycles. The molecule has 1 fully saturated rings. The van der Waals surface area contributed by atoms with Crippen LogP contribution < -0.4 is 0 Å². The van der Waals surface area contributed by atoms with Gasteiger partial charge in [0.05, 0.1) is 6.26 Å². The van der Waals surface area contributed by atoms with Crippen molar-refractivity contribution in [2.24, 2.45) is 0 Å². The lowest BCUT2D eigenvalue weighted by Crippen LogP contribution is -2.39. The van der Waals surface area contributed by atoms with Crippen molar-refractivity contribution in [3.05, 3.63) is 0 Å². The molecule has 1 rings (SSSR count). The molecule has 0 spiro atoms.